The number of anilines is 1. The maximum Gasteiger partial charge on any atom is 0.125 e. The molecule has 0 aliphatic rings. The number of halogens is 1. The van der Waals surface area contributed by atoms with Crippen LogP contribution in [0.1, 0.15) is 33.6 Å². The van der Waals surface area contributed by atoms with Crippen LogP contribution in [0.2, 0.25) is 0 Å². The third kappa shape index (κ3) is 5.18. The Labute approximate surface area is 104 Å². The van der Waals surface area contributed by atoms with Crippen molar-refractivity contribution in [3.05, 3.63) is 30.1 Å². The van der Waals surface area contributed by atoms with Crippen molar-refractivity contribution in [1.82, 2.24) is 0 Å². The molecule has 0 fully saturated rings. The van der Waals surface area contributed by atoms with Gasteiger partial charge in [0.05, 0.1) is 0 Å². The Hall–Kier alpha value is -1.09. The van der Waals surface area contributed by atoms with Crippen LogP contribution in [0.25, 0.3) is 0 Å². The Morgan fingerprint density at radius 1 is 1.35 bits per heavy atom. The Morgan fingerprint density at radius 2 is 2.06 bits per heavy atom. The number of benzene rings is 1. The molecule has 0 saturated heterocycles. The molecule has 96 valence electrons. The molecule has 17 heavy (non-hydrogen) atoms. The highest BCUT2D eigenvalue weighted by atomic mass is 19.1. The normalized spacial score (nSPS) is 11.6. The zero-order valence-electron chi connectivity index (χ0n) is 11.0. The third-order valence-corrected chi connectivity index (χ3v) is 2.80. The summed E-state index contributed by atoms with van der Waals surface area (Å²) >= 11 is 0. The van der Waals surface area contributed by atoms with E-state index in [9.17, 15) is 4.39 Å². The van der Waals surface area contributed by atoms with Gasteiger partial charge in [0.25, 0.3) is 0 Å². The van der Waals surface area contributed by atoms with Gasteiger partial charge in [0.2, 0.25) is 0 Å². The molecule has 0 aliphatic carbocycles. The van der Waals surface area contributed by atoms with Gasteiger partial charge in [0.1, 0.15) is 5.82 Å². The van der Waals surface area contributed by atoms with Crippen LogP contribution in [0.3, 0.4) is 0 Å². The molecule has 2 nitrogen and oxygen atoms in total. The summed E-state index contributed by atoms with van der Waals surface area (Å²) in [7, 11) is 0. The van der Waals surface area contributed by atoms with Gasteiger partial charge in [0, 0.05) is 24.3 Å². The van der Waals surface area contributed by atoms with E-state index in [0.717, 1.165) is 31.6 Å². The van der Waals surface area contributed by atoms with Crippen molar-refractivity contribution >= 4 is 5.69 Å². The minimum atomic E-state index is -0.180. The number of nitrogens with zero attached hydrogens (tertiary/aromatic N) is 1. The quantitative estimate of drug-likeness (QED) is 0.824. The molecule has 0 heterocycles. The first kappa shape index (κ1) is 14.0. The molecule has 0 aliphatic heterocycles. The van der Waals surface area contributed by atoms with Gasteiger partial charge in [-0.25, -0.2) is 4.39 Å². The standard InChI is InChI=1S/C14H23FN2/c1-4-17(10-6-9-14(2,3)16)13-8-5-7-12(15)11-13/h5,7-8,11H,4,6,9-10,16H2,1-3H3. The smallest absolute Gasteiger partial charge is 0.125 e. The highest BCUT2D eigenvalue weighted by molar-refractivity contribution is 5.46. The fraction of sp³-hybridized carbons (Fsp3) is 0.571. The molecule has 0 bridgehead atoms. The second-order valence-electron chi connectivity index (χ2n) is 5.15. The fourth-order valence-corrected chi connectivity index (χ4v) is 1.87. The summed E-state index contributed by atoms with van der Waals surface area (Å²) in [6.45, 7) is 7.95. The highest BCUT2D eigenvalue weighted by Gasteiger charge is 2.11. The number of hydrogen-bond acceptors (Lipinski definition) is 2. The Bertz CT molecular complexity index is 344. The molecule has 0 radical (unpaired) electrons. The van der Waals surface area contributed by atoms with Gasteiger partial charge >= 0.3 is 0 Å². The summed E-state index contributed by atoms with van der Waals surface area (Å²) in [5, 5.41) is 0. The van der Waals surface area contributed by atoms with Crippen molar-refractivity contribution in [1.29, 1.82) is 0 Å². The first-order valence-corrected chi connectivity index (χ1v) is 6.22. The number of rotatable bonds is 6. The largest absolute Gasteiger partial charge is 0.372 e. The summed E-state index contributed by atoms with van der Waals surface area (Å²) in [6.07, 6.45) is 1.99. The van der Waals surface area contributed by atoms with Crippen LogP contribution >= 0.6 is 0 Å². The molecule has 0 unspecified atom stereocenters. The van der Waals surface area contributed by atoms with Crippen molar-refractivity contribution in [2.45, 2.75) is 39.2 Å². The average molecular weight is 238 g/mol. The first-order valence-electron chi connectivity index (χ1n) is 6.22. The summed E-state index contributed by atoms with van der Waals surface area (Å²) < 4.78 is 13.1. The summed E-state index contributed by atoms with van der Waals surface area (Å²) in [5.74, 6) is -0.180. The van der Waals surface area contributed by atoms with E-state index in [1.165, 1.54) is 6.07 Å². The Kier molecular flexibility index (Phi) is 4.94. The average Bonchev–Trinajstić information content (AvgIpc) is 2.23. The number of hydrogen-bond donors (Lipinski definition) is 1. The van der Waals surface area contributed by atoms with E-state index in [2.05, 4.69) is 11.8 Å². The first-order chi connectivity index (χ1) is 7.92. The van der Waals surface area contributed by atoms with Crippen LogP contribution in [0.4, 0.5) is 10.1 Å². The van der Waals surface area contributed by atoms with Crippen LogP contribution in [0.5, 0.6) is 0 Å². The molecule has 1 aromatic rings. The van der Waals surface area contributed by atoms with Crippen molar-refractivity contribution < 1.29 is 4.39 Å². The van der Waals surface area contributed by atoms with E-state index in [1.54, 1.807) is 12.1 Å². The molecule has 1 aromatic carbocycles. The van der Waals surface area contributed by atoms with Gasteiger partial charge < -0.3 is 10.6 Å². The Balaban J connectivity index is 2.54. The fourth-order valence-electron chi connectivity index (χ4n) is 1.87. The SMILES string of the molecule is CCN(CCCC(C)(C)N)c1cccc(F)c1. The van der Waals surface area contributed by atoms with Crippen LogP contribution in [-0.2, 0) is 0 Å². The van der Waals surface area contributed by atoms with Gasteiger partial charge in [-0.3, -0.25) is 0 Å². The minimum Gasteiger partial charge on any atom is -0.372 e. The van der Waals surface area contributed by atoms with Gasteiger partial charge in [0.15, 0.2) is 0 Å². The van der Waals surface area contributed by atoms with E-state index in [0.29, 0.717) is 0 Å². The molecule has 0 atom stereocenters. The molecule has 3 heteroatoms. The van der Waals surface area contributed by atoms with E-state index < -0.39 is 0 Å². The number of nitrogens with two attached hydrogens (primary N) is 1. The third-order valence-electron chi connectivity index (χ3n) is 2.80. The van der Waals surface area contributed by atoms with E-state index in [1.807, 2.05) is 19.9 Å². The maximum atomic E-state index is 13.1. The molecule has 0 saturated carbocycles. The predicted molar refractivity (Wildman–Crippen MR) is 71.8 cm³/mol. The topological polar surface area (TPSA) is 29.3 Å². The van der Waals surface area contributed by atoms with Gasteiger partial charge in [-0.05, 0) is 51.8 Å². The summed E-state index contributed by atoms with van der Waals surface area (Å²) in [6, 6.07) is 6.75. The van der Waals surface area contributed by atoms with Crippen molar-refractivity contribution in [2.75, 3.05) is 18.0 Å². The maximum absolute atomic E-state index is 13.1. The highest BCUT2D eigenvalue weighted by Crippen LogP contribution is 2.17. The monoisotopic (exact) mass is 238 g/mol. The second-order valence-corrected chi connectivity index (χ2v) is 5.15. The molecule has 2 N–H and O–H groups in total. The molecule has 1 rings (SSSR count). The second kappa shape index (κ2) is 6.01. The van der Waals surface area contributed by atoms with Gasteiger partial charge in [-0.15, -0.1) is 0 Å². The van der Waals surface area contributed by atoms with E-state index in [-0.39, 0.29) is 11.4 Å². The van der Waals surface area contributed by atoms with Gasteiger partial charge in [-0.2, -0.15) is 0 Å². The Morgan fingerprint density at radius 3 is 2.59 bits per heavy atom. The summed E-state index contributed by atoms with van der Waals surface area (Å²) in [5.41, 5.74) is 6.77. The van der Waals surface area contributed by atoms with E-state index >= 15 is 0 Å². The van der Waals surface area contributed by atoms with Gasteiger partial charge in [-0.1, -0.05) is 6.07 Å². The van der Waals surface area contributed by atoms with Crippen LogP contribution < -0.4 is 10.6 Å². The predicted octanol–water partition coefficient (Wildman–Crippen LogP) is 3.17. The van der Waals surface area contributed by atoms with Crippen molar-refractivity contribution in [3.8, 4) is 0 Å². The zero-order valence-corrected chi connectivity index (χ0v) is 11.0. The molecular weight excluding hydrogens is 215 g/mol. The molecule has 0 spiro atoms. The van der Waals surface area contributed by atoms with Crippen molar-refractivity contribution in [3.63, 3.8) is 0 Å². The minimum absolute atomic E-state index is 0.124. The lowest BCUT2D eigenvalue weighted by Crippen LogP contribution is -2.33. The lowest BCUT2D eigenvalue weighted by Gasteiger charge is -2.25. The van der Waals surface area contributed by atoms with Crippen LogP contribution in [0.15, 0.2) is 24.3 Å². The van der Waals surface area contributed by atoms with Crippen LogP contribution in [0, 0.1) is 5.82 Å². The summed E-state index contributed by atoms with van der Waals surface area (Å²) in [4.78, 5) is 2.18. The lowest BCUT2D eigenvalue weighted by atomic mass is 10.00. The lowest BCUT2D eigenvalue weighted by molar-refractivity contribution is 0.458. The molecule has 0 aromatic heterocycles. The molecular formula is C14H23FN2. The van der Waals surface area contributed by atoms with E-state index in [4.69, 9.17) is 5.73 Å². The van der Waals surface area contributed by atoms with Crippen molar-refractivity contribution in [2.24, 2.45) is 5.73 Å². The molecule has 0 amide bonds. The van der Waals surface area contributed by atoms with Crippen LogP contribution in [-0.4, -0.2) is 18.6 Å². The zero-order chi connectivity index (χ0) is 12.9.